The van der Waals surface area contributed by atoms with Gasteiger partial charge in [-0.2, -0.15) is 0 Å². The molecule has 0 atom stereocenters. The normalized spacial score (nSPS) is 11.8. The molecule has 220 valence electrons. The molecule has 0 N–H and O–H groups in total. The number of benzene rings is 6. The molecule has 0 radical (unpaired) electrons. The summed E-state index contributed by atoms with van der Waals surface area (Å²) in [6.07, 6.45) is 3.72. The van der Waals surface area contributed by atoms with E-state index in [2.05, 4.69) is 117 Å². The molecule has 0 unspecified atom stereocenters. The van der Waals surface area contributed by atoms with Crippen molar-refractivity contribution in [2.24, 2.45) is 0 Å². The molecule has 0 amide bonds. The second-order valence-electron chi connectivity index (χ2n) is 11.9. The van der Waals surface area contributed by atoms with Crippen molar-refractivity contribution in [2.45, 2.75) is 0 Å². The molecule has 0 aliphatic heterocycles. The molecule has 5 heteroatoms. The van der Waals surface area contributed by atoms with E-state index in [-0.39, 0.29) is 0 Å². The minimum atomic E-state index is 0.751. The zero-order valence-corrected chi connectivity index (χ0v) is 25.2. The lowest BCUT2D eigenvalue weighted by Gasteiger charge is -2.14. The SMILES string of the molecule is c1ccc(-n2c3c(c4ccc(Oc5cccc(-n6cnc7ccccc76)c5)cc42)-c2cccc4cccc(c24)-c2ccccc2-3)nc1. The second kappa shape index (κ2) is 10.0. The van der Waals surface area contributed by atoms with Gasteiger partial charge >= 0.3 is 0 Å². The summed E-state index contributed by atoms with van der Waals surface area (Å²) in [5, 5.41) is 3.65. The summed E-state index contributed by atoms with van der Waals surface area (Å²) in [5.74, 6) is 2.36. The predicted octanol–water partition coefficient (Wildman–Crippen LogP) is 10.6. The largest absolute Gasteiger partial charge is 0.457 e. The number of pyridine rings is 1. The fourth-order valence-corrected chi connectivity index (χ4v) is 7.28. The maximum absolute atomic E-state index is 6.60. The average Bonchev–Trinajstić information content (AvgIpc) is 3.68. The third-order valence-corrected chi connectivity index (χ3v) is 9.25. The topological polar surface area (TPSA) is 44.9 Å². The van der Waals surface area contributed by atoms with Crippen LogP contribution in [0.1, 0.15) is 0 Å². The Hall–Kier alpha value is -6.46. The van der Waals surface area contributed by atoms with Crippen molar-refractivity contribution in [1.82, 2.24) is 19.1 Å². The van der Waals surface area contributed by atoms with Gasteiger partial charge in [0.25, 0.3) is 0 Å². The minimum Gasteiger partial charge on any atom is -0.457 e. The summed E-state index contributed by atoms with van der Waals surface area (Å²) in [6.45, 7) is 0. The summed E-state index contributed by atoms with van der Waals surface area (Å²) < 4.78 is 11.0. The van der Waals surface area contributed by atoms with E-state index in [1.165, 1.54) is 38.6 Å². The van der Waals surface area contributed by atoms with Gasteiger partial charge in [0.05, 0.1) is 27.9 Å². The van der Waals surface area contributed by atoms with Gasteiger partial charge in [0.2, 0.25) is 0 Å². The van der Waals surface area contributed by atoms with E-state index in [0.29, 0.717) is 0 Å². The van der Waals surface area contributed by atoms with Crippen LogP contribution in [0.3, 0.4) is 0 Å². The number of hydrogen-bond acceptors (Lipinski definition) is 3. The molecule has 0 fully saturated rings. The number of nitrogens with zero attached hydrogens (tertiary/aromatic N) is 4. The number of aromatic nitrogens is 4. The lowest BCUT2D eigenvalue weighted by molar-refractivity contribution is 0.483. The summed E-state index contributed by atoms with van der Waals surface area (Å²) in [7, 11) is 0. The van der Waals surface area contributed by atoms with Crippen molar-refractivity contribution < 1.29 is 4.74 Å². The summed E-state index contributed by atoms with van der Waals surface area (Å²) in [4.78, 5) is 9.45. The number of imidazole rings is 1. The molecule has 0 saturated carbocycles. The first-order valence-electron chi connectivity index (χ1n) is 15.7. The molecule has 0 spiro atoms. The van der Waals surface area contributed by atoms with E-state index in [1.54, 1.807) is 0 Å². The first kappa shape index (κ1) is 25.8. The monoisotopic (exact) mass is 602 g/mol. The van der Waals surface area contributed by atoms with Crippen LogP contribution in [0.15, 0.2) is 158 Å². The van der Waals surface area contributed by atoms with Crippen LogP contribution >= 0.6 is 0 Å². The number of rotatable bonds is 4. The number of hydrogen-bond donors (Lipinski definition) is 0. The molecule has 3 heterocycles. The van der Waals surface area contributed by atoms with E-state index in [1.807, 2.05) is 55.0 Å². The van der Waals surface area contributed by atoms with Crippen molar-refractivity contribution in [3.63, 3.8) is 0 Å². The molecule has 5 nitrogen and oxygen atoms in total. The van der Waals surface area contributed by atoms with Crippen LogP contribution in [0.2, 0.25) is 0 Å². The van der Waals surface area contributed by atoms with E-state index in [4.69, 9.17) is 9.72 Å². The zero-order chi connectivity index (χ0) is 30.9. The van der Waals surface area contributed by atoms with Crippen LogP contribution in [0.25, 0.3) is 77.7 Å². The van der Waals surface area contributed by atoms with Crippen LogP contribution in [-0.2, 0) is 0 Å². The standard InChI is InChI=1S/C42H26N4O/c1-2-15-33-31(14-1)32-16-7-10-27-11-8-17-35(40(27)32)41-34-22-21-30(25-38(34)46(42(33)41)39-20-5-6-23-43-39)47-29-13-9-12-28(24-29)45-26-44-36-18-3-4-19-37(36)45/h1-26H. The Labute approximate surface area is 270 Å². The Morgan fingerprint density at radius 2 is 1.30 bits per heavy atom. The second-order valence-corrected chi connectivity index (χ2v) is 11.9. The molecule has 9 aromatic rings. The molecule has 10 rings (SSSR count). The smallest absolute Gasteiger partial charge is 0.137 e. The highest BCUT2D eigenvalue weighted by molar-refractivity contribution is 6.19. The van der Waals surface area contributed by atoms with Gasteiger partial charge in [-0.25, -0.2) is 9.97 Å². The van der Waals surface area contributed by atoms with Gasteiger partial charge in [0, 0.05) is 34.8 Å². The van der Waals surface area contributed by atoms with Gasteiger partial charge in [-0.1, -0.05) is 84.9 Å². The Morgan fingerprint density at radius 3 is 2.19 bits per heavy atom. The molecule has 1 aliphatic rings. The van der Waals surface area contributed by atoms with Crippen LogP contribution in [0, 0.1) is 0 Å². The molecular formula is C42H26N4O. The lowest BCUT2D eigenvalue weighted by Crippen LogP contribution is -2.00. The van der Waals surface area contributed by atoms with Gasteiger partial charge in [-0.05, 0) is 76.0 Å². The molecule has 6 aromatic carbocycles. The molecule has 0 saturated heterocycles. The number of fused-ring (bicyclic) bond motifs is 8. The van der Waals surface area contributed by atoms with Crippen LogP contribution in [0.5, 0.6) is 11.5 Å². The average molecular weight is 603 g/mol. The lowest BCUT2D eigenvalue weighted by atomic mass is 9.93. The van der Waals surface area contributed by atoms with Crippen molar-refractivity contribution in [3.8, 4) is 56.5 Å². The number of para-hydroxylation sites is 2. The Morgan fingerprint density at radius 1 is 0.532 bits per heavy atom. The Kier molecular flexibility index (Phi) is 5.51. The van der Waals surface area contributed by atoms with Crippen molar-refractivity contribution in [2.75, 3.05) is 0 Å². The van der Waals surface area contributed by atoms with Gasteiger partial charge in [0.15, 0.2) is 0 Å². The predicted molar refractivity (Wildman–Crippen MR) is 190 cm³/mol. The van der Waals surface area contributed by atoms with Gasteiger partial charge in [0.1, 0.15) is 23.6 Å². The minimum absolute atomic E-state index is 0.751. The van der Waals surface area contributed by atoms with Gasteiger partial charge in [-0.3, -0.25) is 9.13 Å². The first-order valence-corrected chi connectivity index (χ1v) is 15.7. The van der Waals surface area contributed by atoms with E-state index >= 15 is 0 Å². The zero-order valence-electron chi connectivity index (χ0n) is 25.2. The highest BCUT2D eigenvalue weighted by Gasteiger charge is 2.28. The van der Waals surface area contributed by atoms with E-state index < -0.39 is 0 Å². The summed E-state index contributed by atoms with van der Waals surface area (Å²) in [6, 6.07) is 50.8. The number of ether oxygens (including phenoxy) is 1. The molecular weight excluding hydrogens is 576 g/mol. The highest BCUT2D eigenvalue weighted by Crippen LogP contribution is 2.52. The molecule has 47 heavy (non-hydrogen) atoms. The van der Waals surface area contributed by atoms with Crippen molar-refractivity contribution >= 4 is 32.7 Å². The van der Waals surface area contributed by atoms with E-state index in [9.17, 15) is 0 Å². The van der Waals surface area contributed by atoms with Crippen LogP contribution in [0.4, 0.5) is 0 Å². The third-order valence-electron chi connectivity index (χ3n) is 9.25. The maximum atomic E-state index is 6.60. The maximum Gasteiger partial charge on any atom is 0.137 e. The van der Waals surface area contributed by atoms with Crippen molar-refractivity contribution in [1.29, 1.82) is 0 Å². The molecule has 0 bridgehead atoms. The van der Waals surface area contributed by atoms with E-state index in [0.717, 1.165) is 50.6 Å². The summed E-state index contributed by atoms with van der Waals surface area (Å²) >= 11 is 0. The Bertz CT molecular complexity index is 2660. The quantitative estimate of drug-likeness (QED) is 0.201. The van der Waals surface area contributed by atoms with Crippen LogP contribution < -0.4 is 4.74 Å². The third kappa shape index (κ3) is 3.90. The van der Waals surface area contributed by atoms with Gasteiger partial charge in [-0.15, -0.1) is 0 Å². The first-order chi connectivity index (χ1) is 23.3. The highest BCUT2D eigenvalue weighted by atomic mass is 16.5. The van der Waals surface area contributed by atoms with Gasteiger partial charge < -0.3 is 4.74 Å². The van der Waals surface area contributed by atoms with Crippen LogP contribution in [-0.4, -0.2) is 19.1 Å². The fourth-order valence-electron chi connectivity index (χ4n) is 7.28. The fraction of sp³-hybridized carbons (Fsp3) is 0. The summed E-state index contributed by atoms with van der Waals surface area (Å²) in [5.41, 5.74) is 11.2. The molecule has 3 aromatic heterocycles. The molecule has 1 aliphatic carbocycles. The Balaban J connectivity index is 1.20. The van der Waals surface area contributed by atoms with Crippen molar-refractivity contribution in [3.05, 3.63) is 158 Å².